The van der Waals surface area contributed by atoms with E-state index in [2.05, 4.69) is 52.2 Å². The summed E-state index contributed by atoms with van der Waals surface area (Å²) in [6.07, 6.45) is 1.62. The second kappa shape index (κ2) is 12.6. The Morgan fingerprint density at radius 2 is 1.71 bits per heavy atom. The summed E-state index contributed by atoms with van der Waals surface area (Å²) in [4.78, 5) is 39.3. The van der Waals surface area contributed by atoms with E-state index in [4.69, 9.17) is 14.2 Å². The molecule has 0 atom stereocenters. The van der Waals surface area contributed by atoms with Gasteiger partial charge in [-0.2, -0.15) is 0 Å². The molecule has 0 bridgehead atoms. The predicted molar refractivity (Wildman–Crippen MR) is 168 cm³/mol. The zero-order chi connectivity index (χ0) is 28.9. The Hall–Kier alpha value is -4.03. The van der Waals surface area contributed by atoms with Crippen LogP contribution in [0.2, 0.25) is 0 Å². The maximum absolute atomic E-state index is 13.0. The van der Waals surface area contributed by atoms with E-state index in [1.165, 1.54) is 0 Å². The molecule has 0 radical (unpaired) electrons. The molecule has 208 valence electrons. The van der Waals surface area contributed by atoms with Crippen LogP contribution in [0.3, 0.4) is 0 Å². The fraction of sp³-hybridized carbons (Fsp3) is 0.129. The number of halogens is 1. The number of nitrogens with one attached hydrogen (secondary N) is 1. The number of anilines is 1. The third-order valence-electron chi connectivity index (χ3n) is 6.30. The molecule has 1 fully saturated rings. The van der Waals surface area contributed by atoms with Crippen molar-refractivity contribution in [1.29, 1.82) is 0 Å². The predicted octanol–water partition coefficient (Wildman–Crippen LogP) is 6.72. The average Bonchev–Trinajstić information content (AvgIpc) is 3.23. The van der Waals surface area contributed by atoms with Gasteiger partial charge in [0.1, 0.15) is 18.9 Å². The summed E-state index contributed by atoms with van der Waals surface area (Å²) in [5.41, 5.74) is 2.22. The van der Waals surface area contributed by atoms with E-state index in [1.54, 1.807) is 50.6 Å². The van der Waals surface area contributed by atoms with Crippen molar-refractivity contribution in [2.75, 3.05) is 26.1 Å². The van der Waals surface area contributed by atoms with Gasteiger partial charge in [0.05, 0.1) is 22.7 Å². The first-order valence-corrected chi connectivity index (χ1v) is 14.4. The van der Waals surface area contributed by atoms with Crippen LogP contribution in [-0.4, -0.2) is 42.7 Å². The molecule has 1 aliphatic rings. The number of benzene rings is 4. The SMILES string of the molecule is COc1ccc(NC(=O)CN2C(=O)S/C(=C/c3cc(I)c(OCc4ccc5ccccc5c4)c(OC)c3)C2=O)cc1. The first-order valence-electron chi connectivity index (χ1n) is 12.5. The van der Waals surface area contributed by atoms with Crippen molar-refractivity contribution in [2.24, 2.45) is 0 Å². The van der Waals surface area contributed by atoms with Gasteiger partial charge in [-0.25, -0.2) is 0 Å². The van der Waals surface area contributed by atoms with Crippen molar-refractivity contribution in [3.8, 4) is 17.2 Å². The van der Waals surface area contributed by atoms with E-state index in [1.807, 2.05) is 24.3 Å². The van der Waals surface area contributed by atoms with Gasteiger partial charge in [-0.1, -0.05) is 36.4 Å². The highest BCUT2D eigenvalue weighted by Gasteiger charge is 2.36. The van der Waals surface area contributed by atoms with E-state index in [0.29, 0.717) is 35.1 Å². The number of amides is 3. The van der Waals surface area contributed by atoms with Crippen molar-refractivity contribution in [2.45, 2.75) is 6.61 Å². The number of hydrogen-bond donors (Lipinski definition) is 1. The summed E-state index contributed by atoms with van der Waals surface area (Å²) in [6, 6.07) is 24.7. The van der Waals surface area contributed by atoms with E-state index in [9.17, 15) is 14.4 Å². The molecule has 10 heteroatoms. The highest BCUT2D eigenvalue weighted by Crippen LogP contribution is 2.38. The zero-order valence-electron chi connectivity index (χ0n) is 22.2. The Bertz CT molecular complexity index is 1670. The molecule has 5 rings (SSSR count). The van der Waals surface area contributed by atoms with Crippen LogP contribution in [0.15, 0.2) is 83.8 Å². The average molecular weight is 681 g/mol. The maximum atomic E-state index is 13.0. The summed E-state index contributed by atoms with van der Waals surface area (Å²) >= 11 is 2.95. The second-order valence-electron chi connectivity index (χ2n) is 9.05. The number of thioether (sulfide) groups is 1. The molecule has 41 heavy (non-hydrogen) atoms. The minimum atomic E-state index is -0.532. The Morgan fingerprint density at radius 1 is 0.951 bits per heavy atom. The van der Waals surface area contributed by atoms with Gasteiger partial charge >= 0.3 is 0 Å². The largest absolute Gasteiger partial charge is 0.497 e. The van der Waals surface area contributed by atoms with Crippen molar-refractivity contribution in [1.82, 2.24) is 4.90 Å². The second-order valence-corrected chi connectivity index (χ2v) is 11.2. The number of fused-ring (bicyclic) bond motifs is 1. The summed E-state index contributed by atoms with van der Waals surface area (Å²) < 4.78 is 17.6. The van der Waals surface area contributed by atoms with E-state index < -0.39 is 23.6 Å². The molecule has 8 nitrogen and oxygen atoms in total. The standard InChI is InChI=1S/C31H25IN2O6S/c1-38-24-11-9-23(10-12-24)33-28(35)17-34-30(36)27(41-31(34)37)16-20-14-25(32)29(26(15-20)39-2)40-18-19-7-8-21-5-3-4-6-22(21)13-19/h3-16H,17-18H2,1-2H3,(H,33,35)/b27-16+. The van der Waals surface area contributed by atoms with Crippen LogP contribution in [0, 0.1) is 3.57 Å². The summed E-state index contributed by atoms with van der Waals surface area (Å²) in [5, 5.41) is 4.47. The topological polar surface area (TPSA) is 94.2 Å². The lowest BCUT2D eigenvalue weighted by atomic mass is 10.1. The molecular formula is C31H25IN2O6S. The van der Waals surface area contributed by atoms with Crippen LogP contribution in [-0.2, 0) is 16.2 Å². The van der Waals surface area contributed by atoms with Crippen LogP contribution in [0.25, 0.3) is 16.8 Å². The summed E-state index contributed by atoms with van der Waals surface area (Å²) in [7, 11) is 3.10. The number of imide groups is 1. The molecule has 0 saturated carbocycles. The van der Waals surface area contributed by atoms with Gasteiger partial charge in [0.15, 0.2) is 11.5 Å². The minimum absolute atomic E-state index is 0.218. The lowest BCUT2D eigenvalue weighted by molar-refractivity contribution is -0.127. The van der Waals surface area contributed by atoms with Crippen molar-refractivity contribution < 1.29 is 28.6 Å². The first kappa shape index (κ1) is 28.5. The molecule has 0 unspecified atom stereocenters. The summed E-state index contributed by atoms with van der Waals surface area (Å²) in [5.74, 6) is 0.719. The fourth-order valence-electron chi connectivity index (χ4n) is 4.25. The molecule has 0 spiro atoms. The lowest BCUT2D eigenvalue weighted by Crippen LogP contribution is -2.36. The van der Waals surface area contributed by atoms with Crippen LogP contribution in [0.1, 0.15) is 11.1 Å². The van der Waals surface area contributed by atoms with Crippen LogP contribution in [0.5, 0.6) is 17.2 Å². The van der Waals surface area contributed by atoms with Gasteiger partial charge in [-0.05, 0) is 105 Å². The number of hydrogen-bond acceptors (Lipinski definition) is 7. The number of carbonyl (C=O) groups is 3. The fourth-order valence-corrected chi connectivity index (χ4v) is 5.87. The quantitative estimate of drug-likeness (QED) is 0.155. The third kappa shape index (κ3) is 6.66. The monoisotopic (exact) mass is 680 g/mol. The Labute approximate surface area is 254 Å². The molecule has 1 heterocycles. The minimum Gasteiger partial charge on any atom is -0.497 e. The molecule has 3 amide bonds. The van der Waals surface area contributed by atoms with Crippen molar-refractivity contribution in [3.63, 3.8) is 0 Å². The molecule has 0 aliphatic carbocycles. The number of carbonyl (C=O) groups excluding carboxylic acids is 3. The van der Waals surface area contributed by atoms with Crippen molar-refractivity contribution in [3.05, 3.63) is 98.5 Å². The highest BCUT2D eigenvalue weighted by atomic mass is 127. The molecule has 1 saturated heterocycles. The van der Waals surface area contributed by atoms with Gasteiger partial charge in [0.25, 0.3) is 11.1 Å². The van der Waals surface area contributed by atoms with Gasteiger partial charge < -0.3 is 19.5 Å². The van der Waals surface area contributed by atoms with Gasteiger partial charge in [0, 0.05) is 5.69 Å². The lowest BCUT2D eigenvalue weighted by Gasteiger charge is -2.14. The van der Waals surface area contributed by atoms with Crippen LogP contribution >= 0.6 is 34.4 Å². The van der Waals surface area contributed by atoms with E-state index in [0.717, 1.165) is 36.6 Å². The maximum Gasteiger partial charge on any atom is 0.294 e. The molecule has 4 aromatic carbocycles. The molecular weight excluding hydrogens is 655 g/mol. The van der Waals surface area contributed by atoms with E-state index in [-0.39, 0.29) is 4.91 Å². The number of rotatable bonds is 9. The molecule has 1 aliphatic heterocycles. The highest BCUT2D eigenvalue weighted by molar-refractivity contribution is 14.1. The van der Waals surface area contributed by atoms with Crippen molar-refractivity contribution >= 4 is 73.9 Å². The van der Waals surface area contributed by atoms with Gasteiger partial charge in [-0.3, -0.25) is 19.3 Å². The number of nitrogens with zero attached hydrogens (tertiary/aromatic N) is 1. The van der Waals surface area contributed by atoms with Crippen LogP contribution in [0.4, 0.5) is 10.5 Å². The first-order chi connectivity index (χ1) is 19.8. The number of ether oxygens (including phenoxy) is 3. The molecule has 1 N–H and O–H groups in total. The Kier molecular flexibility index (Phi) is 8.79. The number of methoxy groups -OCH3 is 2. The third-order valence-corrected chi connectivity index (χ3v) is 8.00. The summed E-state index contributed by atoms with van der Waals surface area (Å²) in [6.45, 7) is -0.0372. The molecule has 0 aromatic heterocycles. The normalized spacial score (nSPS) is 14.0. The van der Waals surface area contributed by atoms with E-state index >= 15 is 0 Å². The molecule has 4 aromatic rings. The zero-order valence-corrected chi connectivity index (χ0v) is 25.2. The van der Waals surface area contributed by atoms with Crippen LogP contribution < -0.4 is 19.5 Å². The smallest absolute Gasteiger partial charge is 0.294 e. The Morgan fingerprint density at radius 3 is 2.44 bits per heavy atom. The van der Waals surface area contributed by atoms with Gasteiger partial charge in [-0.15, -0.1) is 0 Å². The Balaban J connectivity index is 1.27. The van der Waals surface area contributed by atoms with Gasteiger partial charge in [0.2, 0.25) is 5.91 Å².